The van der Waals surface area contributed by atoms with Crippen LogP contribution in [0.1, 0.15) is 17.2 Å². The minimum atomic E-state index is 0.406. The molecule has 34 heavy (non-hydrogen) atoms. The largest absolute Gasteiger partial charge is 0.376 e. The van der Waals surface area contributed by atoms with Gasteiger partial charge in [-0.3, -0.25) is 4.99 Å². The van der Waals surface area contributed by atoms with Crippen molar-refractivity contribution in [1.29, 1.82) is 0 Å². The molecule has 0 unspecified atom stereocenters. The van der Waals surface area contributed by atoms with Gasteiger partial charge in [0.1, 0.15) is 0 Å². The first-order valence-corrected chi connectivity index (χ1v) is 14.5. The molecule has 170 valence electrons. The lowest BCUT2D eigenvalue weighted by Gasteiger charge is -2.26. The second kappa shape index (κ2) is 11.2. The van der Waals surface area contributed by atoms with Crippen molar-refractivity contribution in [2.24, 2.45) is 4.99 Å². The number of thioether (sulfide) groups is 2. The Balaban J connectivity index is 0.000000142. The van der Waals surface area contributed by atoms with Crippen molar-refractivity contribution in [1.82, 2.24) is 0 Å². The molecule has 4 aromatic carbocycles. The summed E-state index contributed by atoms with van der Waals surface area (Å²) < 4.78 is 2.23. The van der Waals surface area contributed by atoms with Gasteiger partial charge in [0.2, 0.25) is 0 Å². The second-order valence-corrected chi connectivity index (χ2v) is 11.8. The molecule has 0 bridgehead atoms. The Kier molecular flexibility index (Phi) is 7.80. The van der Waals surface area contributed by atoms with E-state index in [0.717, 1.165) is 31.9 Å². The highest BCUT2D eigenvalue weighted by Crippen LogP contribution is 2.38. The molecule has 1 N–H and O–H groups in total. The lowest BCUT2D eigenvalue weighted by atomic mass is 10.1. The lowest BCUT2D eigenvalue weighted by Crippen LogP contribution is -2.17. The molecule has 0 aromatic heterocycles. The van der Waals surface area contributed by atoms with Crippen LogP contribution in [0.4, 0.5) is 11.4 Å². The number of fused-ring (bicyclic) bond motifs is 2. The zero-order valence-electron chi connectivity index (χ0n) is 18.2. The van der Waals surface area contributed by atoms with Crippen molar-refractivity contribution in [3.05, 3.63) is 117 Å². The SMILES string of the molecule is Brc1ccc(C2=Nc3ccccc3SC2)cc1.Brc1ccc([C@@H]2CSc3ccccc3N2)cc1. The fourth-order valence-electron chi connectivity index (χ4n) is 3.77. The van der Waals surface area contributed by atoms with Gasteiger partial charge in [-0.05, 0) is 59.7 Å². The molecule has 0 fully saturated rings. The Morgan fingerprint density at radius 3 is 2.12 bits per heavy atom. The zero-order chi connectivity index (χ0) is 23.3. The van der Waals surface area contributed by atoms with E-state index in [1.807, 2.05) is 29.6 Å². The summed E-state index contributed by atoms with van der Waals surface area (Å²) in [5.74, 6) is 2.03. The van der Waals surface area contributed by atoms with Crippen LogP contribution in [0.2, 0.25) is 0 Å². The van der Waals surface area contributed by atoms with Gasteiger partial charge in [-0.15, -0.1) is 23.5 Å². The number of nitrogens with one attached hydrogen (secondary N) is 1. The van der Waals surface area contributed by atoms with E-state index in [-0.39, 0.29) is 0 Å². The van der Waals surface area contributed by atoms with Gasteiger partial charge in [0.05, 0.1) is 17.4 Å². The first kappa shape index (κ1) is 23.7. The van der Waals surface area contributed by atoms with E-state index >= 15 is 0 Å². The molecule has 2 aliphatic rings. The number of aliphatic imine (C=N–C) groups is 1. The summed E-state index contributed by atoms with van der Waals surface area (Å²) in [5, 5.41) is 3.60. The number of hydrogen-bond donors (Lipinski definition) is 1. The maximum absolute atomic E-state index is 4.73. The number of hydrogen-bond acceptors (Lipinski definition) is 4. The molecule has 4 aromatic rings. The van der Waals surface area contributed by atoms with E-state index in [1.165, 1.54) is 26.6 Å². The summed E-state index contributed by atoms with van der Waals surface area (Å²) in [7, 11) is 0. The van der Waals surface area contributed by atoms with Gasteiger partial charge in [-0.2, -0.15) is 0 Å². The van der Waals surface area contributed by atoms with Crippen LogP contribution >= 0.6 is 55.4 Å². The highest BCUT2D eigenvalue weighted by atomic mass is 79.9. The van der Waals surface area contributed by atoms with Gasteiger partial charge in [0.15, 0.2) is 0 Å². The number of rotatable bonds is 2. The van der Waals surface area contributed by atoms with Gasteiger partial charge < -0.3 is 5.32 Å². The standard InChI is InChI=1S/C14H12BrNS.C14H10BrNS/c2*15-11-7-5-10(6-8-11)13-9-17-14-4-2-1-3-12(14)16-13/h1-8,13,16H,9H2;1-8H,9H2/t13-;/m0./s1. The van der Waals surface area contributed by atoms with E-state index in [9.17, 15) is 0 Å². The van der Waals surface area contributed by atoms with Crippen LogP contribution in [-0.2, 0) is 0 Å². The minimum absolute atomic E-state index is 0.406. The van der Waals surface area contributed by atoms with E-state index in [0.29, 0.717) is 6.04 Å². The molecule has 0 spiro atoms. The molecule has 2 aliphatic heterocycles. The predicted molar refractivity (Wildman–Crippen MR) is 155 cm³/mol. The highest BCUT2D eigenvalue weighted by Gasteiger charge is 2.19. The Labute approximate surface area is 225 Å². The van der Waals surface area contributed by atoms with E-state index in [1.54, 1.807) is 0 Å². The van der Waals surface area contributed by atoms with Crippen LogP contribution in [0.3, 0.4) is 0 Å². The molecule has 0 amide bonds. The number of nitrogens with zero attached hydrogens (tertiary/aromatic N) is 1. The van der Waals surface area contributed by atoms with Crippen LogP contribution in [0, 0.1) is 0 Å². The Morgan fingerprint density at radius 1 is 0.706 bits per heavy atom. The summed E-state index contributed by atoms with van der Waals surface area (Å²) >= 11 is 10.7. The molecule has 0 radical (unpaired) electrons. The van der Waals surface area contributed by atoms with Crippen LogP contribution in [0.25, 0.3) is 0 Å². The second-order valence-electron chi connectivity index (χ2n) is 7.88. The maximum atomic E-state index is 4.73. The predicted octanol–water partition coefficient (Wildman–Crippen LogP) is 9.38. The van der Waals surface area contributed by atoms with Crippen LogP contribution in [-0.4, -0.2) is 17.2 Å². The third kappa shape index (κ3) is 5.80. The van der Waals surface area contributed by atoms with Gasteiger partial charge in [0, 0.05) is 35.9 Å². The van der Waals surface area contributed by atoms with Gasteiger partial charge in [-0.25, -0.2) is 0 Å². The van der Waals surface area contributed by atoms with E-state index < -0.39 is 0 Å². The number of para-hydroxylation sites is 2. The van der Waals surface area contributed by atoms with Crippen molar-refractivity contribution >= 4 is 72.5 Å². The first-order chi connectivity index (χ1) is 16.7. The number of halogens is 2. The Hall–Kier alpha value is -1.99. The summed E-state index contributed by atoms with van der Waals surface area (Å²) in [5.41, 5.74) is 6.03. The smallest absolute Gasteiger partial charge is 0.0769 e. The normalized spacial score (nSPS) is 16.2. The zero-order valence-corrected chi connectivity index (χ0v) is 23.1. The van der Waals surface area contributed by atoms with Crippen LogP contribution in [0.5, 0.6) is 0 Å². The molecule has 0 aliphatic carbocycles. The molecular weight excluding hydrogens is 588 g/mol. The first-order valence-electron chi connectivity index (χ1n) is 10.9. The van der Waals surface area contributed by atoms with Crippen molar-refractivity contribution in [3.8, 4) is 0 Å². The molecule has 6 rings (SSSR count). The van der Waals surface area contributed by atoms with Gasteiger partial charge >= 0.3 is 0 Å². The van der Waals surface area contributed by atoms with Crippen molar-refractivity contribution in [2.75, 3.05) is 16.8 Å². The minimum Gasteiger partial charge on any atom is -0.376 e. The van der Waals surface area contributed by atoms with Crippen molar-refractivity contribution in [2.45, 2.75) is 15.8 Å². The monoisotopic (exact) mass is 608 g/mol. The summed E-state index contributed by atoms with van der Waals surface area (Å²) in [6.45, 7) is 0. The quantitative estimate of drug-likeness (QED) is 0.245. The Morgan fingerprint density at radius 2 is 1.35 bits per heavy atom. The van der Waals surface area contributed by atoms with Crippen LogP contribution < -0.4 is 5.32 Å². The summed E-state index contributed by atoms with van der Waals surface area (Å²) in [6, 6.07) is 34.1. The topological polar surface area (TPSA) is 24.4 Å². The summed E-state index contributed by atoms with van der Waals surface area (Å²) in [4.78, 5) is 7.35. The average Bonchev–Trinajstić information content (AvgIpc) is 2.89. The molecule has 6 heteroatoms. The molecule has 1 atom stereocenters. The third-order valence-corrected chi connectivity index (χ3v) is 8.86. The lowest BCUT2D eigenvalue weighted by molar-refractivity contribution is 0.880. The fraction of sp³-hybridized carbons (Fsp3) is 0.107. The Bertz CT molecular complexity index is 1300. The third-order valence-electron chi connectivity index (χ3n) is 5.56. The molecule has 0 saturated heterocycles. The van der Waals surface area contributed by atoms with Gasteiger partial charge in [0.25, 0.3) is 0 Å². The van der Waals surface area contributed by atoms with Crippen LogP contribution in [0.15, 0.2) is 121 Å². The van der Waals surface area contributed by atoms with Crippen molar-refractivity contribution in [3.63, 3.8) is 0 Å². The van der Waals surface area contributed by atoms with E-state index in [4.69, 9.17) is 4.99 Å². The average molecular weight is 610 g/mol. The number of benzene rings is 4. The fourth-order valence-corrected chi connectivity index (χ4v) is 6.34. The molecule has 0 saturated carbocycles. The van der Waals surface area contributed by atoms with E-state index in [2.05, 4.69) is 128 Å². The highest BCUT2D eigenvalue weighted by molar-refractivity contribution is 9.10. The van der Waals surface area contributed by atoms with Gasteiger partial charge in [-0.1, -0.05) is 80.4 Å². The maximum Gasteiger partial charge on any atom is 0.0769 e. The molecule has 2 heterocycles. The number of anilines is 1. The molecule has 2 nitrogen and oxygen atoms in total. The molecular formula is C28H22Br2N2S2. The summed E-state index contributed by atoms with van der Waals surface area (Å²) in [6.07, 6.45) is 0. The van der Waals surface area contributed by atoms with Crippen molar-refractivity contribution < 1.29 is 0 Å².